The minimum Gasteiger partial charge on any atom is -0.395 e. The van der Waals surface area contributed by atoms with Crippen LogP contribution in [0.2, 0.25) is 10.0 Å². The summed E-state index contributed by atoms with van der Waals surface area (Å²) in [5, 5.41) is 26.1. The number of aliphatic hydroxyl groups excluding tert-OH is 1. The van der Waals surface area contributed by atoms with Gasteiger partial charge in [0.1, 0.15) is 5.82 Å². The Balaban J connectivity index is 1.55. The summed E-state index contributed by atoms with van der Waals surface area (Å²) in [5.74, 6) is -1.78. The molecule has 6 rings (SSSR count). The molecule has 1 saturated carbocycles. The molecule has 8 nitrogen and oxygen atoms in total. The summed E-state index contributed by atoms with van der Waals surface area (Å²) in [6.07, 6.45) is 5.89. The fourth-order valence-corrected chi connectivity index (χ4v) is 5.61. The molecule has 2 N–H and O–H groups in total. The Bertz CT molecular complexity index is 1610. The first-order valence-electron chi connectivity index (χ1n) is 13.1. The van der Waals surface area contributed by atoms with Crippen molar-refractivity contribution in [2.75, 3.05) is 13.2 Å². The van der Waals surface area contributed by atoms with Gasteiger partial charge in [-0.2, -0.15) is 5.10 Å². The van der Waals surface area contributed by atoms with Crippen LogP contribution in [-0.2, 0) is 24.1 Å². The quantitative estimate of drug-likeness (QED) is 0.288. The number of rotatable bonds is 9. The Morgan fingerprint density at radius 3 is 2.41 bits per heavy atom. The number of fused-ring (bicyclic) bond motifs is 1. The van der Waals surface area contributed by atoms with E-state index in [1.165, 1.54) is 17.2 Å². The van der Waals surface area contributed by atoms with Gasteiger partial charge in [0.25, 0.3) is 5.91 Å². The van der Waals surface area contributed by atoms with E-state index in [1.54, 1.807) is 66.6 Å². The average molecular weight is 597 g/mol. The van der Waals surface area contributed by atoms with Crippen LogP contribution in [0, 0.1) is 5.82 Å². The molecule has 1 fully saturated rings. The first-order chi connectivity index (χ1) is 19.6. The number of benzene rings is 2. The van der Waals surface area contributed by atoms with Gasteiger partial charge in [0.15, 0.2) is 5.72 Å². The van der Waals surface area contributed by atoms with E-state index in [0.717, 1.165) is 0 Å². The number of nitrogens with zero attached hydrogens (tertiary/aromatic N) is 4. The van der Waals surface area contributed by atoms with Gasteiger partial charge in [0.05, 0.1) is 53.4 Å². The lowest BCUT2D eigenvalue weighted by molar-refractivity contribution is -0.139. The number of ether oxygens (including phenoxy) is 1. The lowest BCUT2D eigenvalue weighted by Gasteiger charge is -2.40. The molecule has 0 saturated heterocycles. The highest BCUT2D eigenvalue weighted by atomic mass is 35.5. The van der Waals surface area contributed by atoms with Crippen molar-refractivity contribution in [1.29, 1.82) is 0 Å². The van der Waals surface area contributed by atoms with Crippen LogP contribution in [0.3, 0.4) is 0 Å². The van der Waals surface area contributed by atoms with Crippen molar-refractivity contribution < 1.29 is 24.1 Å². The zero-order valence-electron chi connectivity index (χ0n) is 22.1. The summed E-state index contributed by atoms with van der Waals surface area (Å²) >= 11 is 12.3. The molecule has 11 heteroatoms. The number of amides is 1. The molecule has 0 bridgehead atoms. The van der Waals surface area contributed by atoms with E-state index >= 15 is 4.39 Å². The normalized spacial score (nSPS) is 19.9. The van der Waals surface area contributed by atoms with Gasteiger partial charge >= 0.3 is 0 Å². The summed E-state index contributed by atoms with van der Waals surface area (Å²) in [4.78, 5) is 20.1. The molecule has 1 aliphatic carbocycles. The molecule has 2 aromatic carbocycles. The number of aryl methyl sites for hydroxylation is 1. The second-order valence-electron chi connectivity index (χ2n) is 10.6. The summed E-state index contributed by atoms with van der Waals surface area (Å²) in [6, 6.07) is 12.9. The summed E-state index contributed by atoms with van der Waals surface area (Å²) < 4.78 is 24.6. The first kappa shape index (κ1) is 27.8. The van der Waals surface area contributed by atoms with Crippen molar-refractivity contribution in [2.24, 2.45) is 7.05 Å². The molecule has 2 aliphatic rings. The Morgan fingerprint density at radius 1 is 1.07 bits per heavy atom. The average Bonchev–Trinajstić information content (AvgIpc) is 3.46. The van der Waals surface area contributed by atoms with E-state index in [0.29, 0.717) is 45.3 Å². The van der Waals surface area contributed by atoms with E-state index in [4.69, 9.17) is 27.9 Å². The Morgan fingerprint density at radius 2 is 1.80 bits per heavy atom. The van der Waals surface area contributed by atoms with Crippen LogP contribution >= 0.6 is 23.2 Å². The molecule has 2 atom stereocenters. The van der Waals surface area contributed by atoms with Gasteiger partial charge in [-0.3, -0.25) is 19.4 Å². The van der Waals surface area contributed by atoms with Crippen molar-refractivity contribution in [3.63, 3.8) is 0 Å². The highest BCUT2D eigenvalue weighted by Crippen LogP contribution is 2.50. The van der Waals surface area contributed by atoms with Crippen LogP contribution in [-0.4, -0.2) is 54.6 Å². The number of carbonyl (C=O) groups excluding carboxylic acids is 1. The number of pyridine rings is 1. The fraction of sp³-hybridized carbons (Fsp3) is 0.300. The van der Waals surface area contributed by atoms with Crippen molar-refractivity contribution in [1.82, 2.24) is 19.7 Å². The van der Waals surface area contributed by atoms with Gasteiger partial charge in [-0.1, -0.05) is 35.3 Å². The number of halogens is 3. The van der Waals surface area contributed by atoms with Crippen LogP contribution in [0.1, 0.15) is 57.1 Å². The SMILES string of the molecule is Cn1cc(C(CO)c2cc(F)c3c(c2)C(=O)N(Cc2ccc(Cl)cn2)[C@@]3(OCC2(O)CC2)c2ccc(Cl)cc2)cn1. The molecule has 0 radical (unpaired) electrons. The number of hydrogen-bond donors (Lipinski definition) is 2. The number of carbonyl (C=O) groups is 1. The number of hydrogen-bond acceptors (Lipinski definition) is 6. The molecule has 41 heavy (non-hydrogen) atoms. The highest BCUT2D eigenvalue weighted by molar-refractivity contribution is 6.30. The Labute approximate surface area is 245 Å². The minimum absolute atomic E-state index is 0.0228. The Hall–Kier alpha value is -3.34. The number of aliphatic hydroxyl groups is 2. The minimum atomic E-state index is -1.73. The van der Waals surface area contributed by atoms with Crippen molar-refractivity contribution in [2.45, 2.75) is 36.6 Å². The van der Waals surface area contributed by atoms with Crippen LogP contribution in [0.15, 0.2) is 67.1 Å². The maximum absolute atomic E-state index is 16.5. The van der Waals surface area contributed by atoms with Gasteiger partial charge < -0.3 is 14.9 Å². The van der Waals surface area contributed by atoms with Crippen molar-refractivity contribution in [3.8, 4) is 0 Å². The lowest BCUT2D eigenvalue weighted by atomic mass is 9.87. The highest BCUT2D eigenvalue weighted by Gasteiger charge is 2.56. The lowest BCUT2D eigenvalue weighted by Crippen LogP contribution is -2.48. The predicted molar refractivity (Wildman–Crippen MR) is 150 cm³/mol. The van der Waals surface area contributed by atoms with Gasteiger partial charge in [0, 0.05) is 35.9 Å². The Kier molecular flexibility index (Phi) is 7.12. The van der Waals surface area contributed by atoms with E-state index in [1.807, 2.05) is 0 Å². The zero-order valence-corrected chi connectivity index (χ0v) is 23.6. The maximum Gasteiger partial charge on any atom is 0.257 e. The molecular weight excluding hydrogens is 570 g/mol. The standard InChI is InChI=1S/C30H27Cl2FN4O4/c1-36-14-19(12-35-36)25(16-38)18-10-24-27(26(33)11-18)30(41-17-29(40)8-9-29,20-2-4-21(31)5-3-20)37(28(24)39)15-23-7-6-22(32)13-34-23/h2-7,10-14,25,38,40H,8-9,15-17H2,1H3/t25?,30-/m1/s1. The molecule has 1 aliphatic heterocycles. The third kappa shape index (κ3) is 5.02. The summed E-state index contributed by atoms with van der Waals surface area (Å²) in [5.41, 5.74) is -0.614. The summed E-state index contributed by atoms with van der Waals surface area (Å²) in [6.45, 7) is -0.474. The predicted octanol–water partition coefficient (Wildman–Crippen LogP) is 4.78. The molecule has 1 unspecified atom stereocenters. The second-order valence-corrected chi connectivity index (χ2v) is 11.5. The van der Waals surface area contributed by atoms with Gasteiger partial charge in [-0.25, -0.2) is 4.39 Å². The fourth-order valence-electron chi connectivity index (χ4n) is 5.37. The van der Waals surface area contributed by atoms with E-state index in [-0.39, 0.29) is 30.9 Å². The third-order valence-electron chi connectivity index (χ3n) is 7.74. The van der Waals surface area contributed by atoms with Crippen LogP contribution in [0.25, 0.3) is 0 Å². The van der Waals surface area contributed by atoms with Crippen LogP contribution < -0.4 is 0 Å². The summed E-state index contributed by atoms with van der Waals surface area (Å²) in [7, 11) is 1.75. The largest absolute Gasteiger partial charge is 0.395 e. The first-order valence-corrected chi connectivity index (χ1v) is 13.9. The molecule has 3 heterocycles. The van der Waals surface area contributed by atoms with E-state index < -0.39 is 29.0 Å². The number of aromatic nitrogens is 3. The van der Waals surface area contributed by atoms with Crippen LogP contribution in [0.4, 0.5) is 4.39 Å². The van der Waals surface area contributed by atoms with Gasteiger partial charge in [0.2, 0.25) is 0 Å². The van der Waals surface area contributed by atoms with Crippen molar-refractivity contribution in [3.05, 3.63) is 116 Å². The molecule has 212 valence electrons. The van der Waals surface area contributed by atoms with Gasteiger partial charge in [-0.15, -0.1) is 0 Å². The molecule has 4 aromatic rings. The zero-order chi connectivity index (χ0) is 28.9. The van der Waals surface area contributed by atoms with Crippen LogP contribution in [0.5, 0.6) is 0 Å². The second kappa shape index (κ2) is 10.5. The van der Waals surface area contributed by atoms with Gasteiger partial charge in [-0.05, 0) is 60.4 Å². The van der Waals surface area contributed by atoms with E-state index in [2.05, 4.69) is 10.1 Å². The van der Waals surface area contributed by atoms with Crippen molar-refractivity contribution >= 4 is 29.1 Å². The smallest absolute Gasteiger partial charge is 0.257 e. The molecule has 1 amide bonds. The maximum atomic E-state index is 16.5. The molecule has 2 aromatic heterocycles. The third-order valence-corrected chi connectivity index (χ3v) is 8.22. The monoisotopic (exact) mass is 596 g/mol. The molecule has 0 spiro atoms. The van der Waals surface area contributed by atoms with E-state index in [9.17, 15) is 15.0 Å². The molecular formula is C30H27Cl2FN4O4. The topological polar surface area (TPSA) is 101 Å².